The highest BCUT2D eigenvalue weighted by Crippen LogP contribution is 2.07. The van der Waals surface area contributed by atoms with Gasteiger partial charge < -0.3 is 14.2 Å². The highest BCUT2D eigenvalue weighted by molar-refractivity contribution is 5.80. The van der Waals surface area contributed by atoms with Crippen molar-refractivity contribution in [1.29, 1.82) is 0 Å². The Hall–Kier alpha value is -1.43. The van der Waals surface area contributed by atoms with Gasteiger partial charge in [0.2, 0.25) is 5.89 Å². The average molecular weight is 269 g/mol. The van der Waals surface area contributed by atoms with E-state index in [1.807, 2.05) is 13.8 Å². The highest BCUT2D eigenvalue weighted by atomic mass is 16.5. The zero-order valence-corrected chi connectivity index (χ0v) is 12.2. The van der Waals surface area contributed by atoms with Crippen molar-refractivity contribution in [2.24, 2.45) is 0 Å². The predicted molar refractivity (Wildman–Crippen MR) is 70.5 cm³/mol. The third kappa shape index (κ3) is 4.63. The summed E-state index contributed by atoms with van der Waals surface area (Å²) < 4.78 is 10.4. The van der Waals surface area contributed by atoms with Gasteiger partial charge in [-0.1, -0.05) is 12.1 Å². The second-order valence-electron chi connectivity index (χ2n) is 4.30. The molecule has 108 valence electrons. The van der Waals surface area contributed by atoms with Crippen LogP contribution in [-0.2, 0) is 22.5 Å². The van der Waals surface area contributed by atoms with Crippen molar-refractivity contribution >= 4 is 5.91 Å². The molecule has 0 radical (unpaired) electrons. The lowest BCUT2D eigenvalue weighted by atomic mass is 10.3. The van der Waals surface area contributed by atoms with Gasteiger partial charge in [0, 0.05) is 19.6 Å². The minimum absolute atomic E-state index is 0.0498. The fraction of sp³-hybridized carbons (Fsp3) is 0.769. The van der Waals surface area contributed by atoms with Crippen molar-refractivity contribution in [2.45, 2.75) is 53.2 Å². The molecule has 0 spiro atoms. The summed E-state index contributed by atoms with van der Waals surface area (Å²) in [4.78, 5) is 18.0. The maximum atomic E-state index is 12.1. The van der Waals surface area contributed by atoms with Crippen LogP contribution in [0.4, 0.5) is 0 Å². The van der Waals surface area contributed by atoms with Crippen LogP contribution < -0.4 is 0 Å². The molecule has 0 N–H and O–H groups in total. The first-order valence-corrected chi connectivity index (χ1v) is 6.84. The Labute approximate surface area is 114 Å². The summed E-state index contributed by atoms with van der Waals surface area (Å²) in [5.41, 5.74) is 0. The molecule has 19 heavy (non-hydrogen) atoms. The summed E-state index contributed by atoms with van der Waals surface area (Å²) in [6.07, 6.45) is 1.29. The number of hydrogen-bond acceptors (Lipinski definition) is 5. The normalized spacial score (nSPS) is 12.4. The number of ether oxygens (including phenoxy) is 1. The molecule has 1 amide bonds. The Morgan fingerprint density at radius 3 is 2.74 bits per heavy atom. The molecule has 1 rings (SSSR count). The quantitative estimate of drug-likeness (QED) is 0.719. The van der Waals surface area contributed by atoms with E-state index in [0.29, 0.717) is 31.4 Å². The van der Waals surface area contributed by atoms with Gasteiger partial charge in [0.1, 0.15) is 6.10 Å². The topological polar surface area (TPSA) is 68.5 Å². The molecule has 0 aromatic carbocycles. The average Bonchev–Trinajstić information content (AvgIpc) is 2.83. The first-order chi connectivity index (χ1) is 9.12. The van der Waals surface area contributed by atoms with Gasteiger partial charge in [-0.25, -0.2) is 0 Å². The second kappa shape index (κ2) is 7.89. The molecule has 0 fully saturated rings. The van der Waals surface area contributed by atoms with E-state index in [-0.39, 0.29) is 5.91 Å². The summed E-state index contributed by atoms with van der Waals surface area (Å²) in [6.45, 7) is 9.07. The van der Waals surface area contributed by atoms with Crippen LogP contribution in [0, 0.1) is 0 Å². The molecular weight excluding hydrogens is 246 g/mol. The molecular formula is C13H23N3O3. The predicted octanol–water partition coefficient (Wildman–Crippen LogP) is 1.80. The van der Waals surface area contributed by atoms with Crippen LogP contribution in [0.1, 0.15) is 45.8 Å². The molecule has 0 bridgehead atoms. The maximum Gasteiger partial charge on any atom is 0.251 e. The number of rotatable bonds is 8. The van der Waals surface area contributed by atoms with Crippen molar-refractivity contribution < 1.29 is 14.1 Å². The SMILES string of the molecule is CCCc1nc(CN(CC)C(=O)C(C)OCC)no1. The number of hydrogen-bond donors (Lipinski definition) is 0. The number of aryl methyl sites for hydroxylation is 1. The standard InChI is InChI=1S/C13H23N3O3/c1-5-8-12-14-11(15-19-12)9-16(6-2)13(17)10(4)18-7-3/h10H,5-9H2,1-4H3. The second-order valence-corrected chi connectivity index (χ2v) is 4.30. The summed E-state index contributed by atoms with van der Waals surface area (Å²) in [5.74, 6) is 1.12. The van der Waals surface area contributed by atoms with Crippen molar-refractivity contribution in [1.82, 2.24) is 15.0 Å². The summed E-state index contributed by atoms with van der Waals surface area (Å²) >= 11 is 0. The Kier molecular flexibility index (Phi) is 6.49. The molecule has 1 unspecified atom stereocenters. The molecule has 1 heterocycles. The van der Waals surface area contributed by atoms with Crippen molar-refractivity contribution in [3.63, 3.8) is 0 Å². The third-order valence-corrected chi connectivity index (χ3v) is 2.76. The van der Waals surface area contributed by atoms with Crippen LogP contribution in [0.2, 0.25) is 0 Å². The molecule has 1 atom stereocenters. The van der Waals surface area contributed by atoms with E-state index in [2.05, 4.69) is 17.1 Å². The Balaban J connectivity index is 2.62. The molecule has 1 aromatic rings. The highest BCUT2D eigenvalue weighted by Gasteiger charge is 2.21. The number of carbonyl (C=O) groups excluding carboxylic acids is 1. The minimum atomic E-state index is -0.438. The first-order valence-electron chi connectivity index (χ1n) is 6.84. The lowest BCUT2D eigenvalue weighted by Gasteiger charge is -2.22. The number of carbonyl (C=O) groups is 1. The number of aromatic nitrogens is 2. The van der Waals surface area contributed by atoms with Crippen LogP contribution in [0.5, 0.6) is 0 Å². The largest absolute Gasteiger partial charge is 0.369 e. The molecule has 0 aliphatic carbocycles. The molecule has 0 saturated heterocycles. The Morgan fingerprint density at radius 2 is 2.16 bits per heavy atom. The van der Waals surface area contributed by atoms with Crippen LogP contribution >= 0.6 is 0 Å². The van der Waals surface area contributed by atoms with Crippen molar-refractivity contribution in [2.75, 3.05) is 13.2 Å². The zero-order valence-electron chi connectivity index (χ0n) is 12.2. The van der Waals surface area contributed by atoms with Gasteiger partial charge in [-0.3, -0.25) is 4.79 Å². The van der Waals surface area contributed by atoms with Crippen LogP contribution in [0.3, 0.4) is 0 Å². The number of amides is 1. The van der Waals surface area contributed by atoms with E-state index in [4.69, 9.17) is 9.26 Å². The van der Waals surface area contributed by atoms with Gasteiger partial charge in [-0.05, 0) is 27.2 Å². The van der Waals surface area contributed by atoms with E-state index >= 15 is 0 Å². The third-order valence-electron chi connectivity index (χ3n) is 2.76. The number of likely N-dealkylation sites (N-methyl/N-ethyl adjacent to an activating group) is 1. The summed E-state index contributed by atoms with van der Waals surface area (Å²) in [7, 11) is 0. The molecule has 6 nitrogen and oxygen atoms in total. The van der Waals surface area contributed by atoms with Gasteiger partial charge >= 0.3 is 0 Å². The molecule has 0 aliphatic rings. The smallest absolute Gasteiger partial charge is 0.251 e. The molecule has 0 saturated carbocycles. The summed E-state index contributed by atoms with van der Waals surface area (Å²) in [6, 6.07) is 0. The van der Waals surface area contributed by atoms with Gasteiger partial charge in [0.15, 0.2) is 5.82 Å². The van der Waals surface area contributed by atoms with E-state index in [1.54, 1.807) is 11.8 Å². The minimum Gasteiger partial charge on any atom is -0.369 e. The molecule has 6 heteroatoms. The Bertz CT molecular complexity index is 392. The van der Waals surface area contributed by atoms with E-state index in [0.717, 1.165) is 12.8 Å². The first kappa shape index (κ1) is 15.6. The molecule has 1 aromatic heterocycles. The van der Waals surface area contributed by atoms with Gasteiger partial charge in [-0.2, -0.15) is 4.98 Å². The van der Waals surface area contributed by atoms with Crippen molar-refractivity contribution in [3.05, 3.63) is 11.7 Å². The van der Waals surface area contributed by atoms with Gasteiger partial charge in [-0.15, -0.1) is 0 Å². The maximum absolute atomic E-state index is 12.1. The fourth-order valence-corrected chi connectivity index (χ4v) is 1.76. The zero-order chi connectivity index (χ0) is 14.3. The monoisotopic (exact) mass is 269 g/mol. The molecule has 0 aliphatic heterocycles. The lowest BCUT2D eigenvalue weighted by molar-refractivity contribution is -0.142. The lowest BCUT2D eigenvalue weighted by Crippen LogP contribution is -2.38. The van der Waals surface area contributed by atoms with E-state index in [9.17, 15) is 4.79 Å². The van der Waals surface area contributed by atoms with Crippen molar-refractivity contribution in [3.8, 4) is 0 Å². The Morgan fingerprint density at radius 1 is 1.42 bits per heavy atom. The van der Waals surface area contributed by atoms with Crippen LogP contribution in [0.15, 0.2) is 4.52 Å². The van der Waals surface area contributed by atoms with Crippen LogP contribution in [-0.4, -0.2) is 40.2 Å². The number of nitrogens with zero attached hydrogens (tertiary/aromatic N) is 3. The van der Waals surface area contributed by atoms with E-state index < -0.39 is 6.10 Å². The van der Waals surface area contributed by atoms with E-state index in [1.165, 1.54) is 0 Å². The van der Waals surface area contributed by atoms with Gasteiger partial charge in [0.25, 0.3) is 5.91 Å². The fourth-order valence-electron chi connectivity index (χ4n) is 1.76. The van der Waals surface area contributed by atoms with Crippen LogP contribution in [0.25, 0.3) is 0 Å². The van der Waals surface area contributed by atoms with Gasteiger partial charge in [0.05, 0.1) is 6.54 Å². The summed E-state index contributed by atoms with van der Waals surface area (Å²) in [5, 5.41) is 3.89.